The van der Waals surface area contributed by atoms with Crippen LogP contribution in [0.15, 0.2) is 18.2 Å². The second kappa shape index (κ2) is 5.99. The molecule has 0 bridgehead atoms. The van der Waals surface area contributed by atoms with E-state index in [9.17, 15) is 4.79 Å². The summed E-state index contributed by atoms with van der Waals surface area (Å²) in [7, 11) is 0. The lowest BCUT2D eigenvalue weighted by Crippen LogP contribution is -2.60. The van der Waals surface area contributed by atoms with Crippen LogP contribution in [0.3, 0.4) is 0 Å². The van der Waals surface area contributed by atoms with E-state index in [-0.39, 0.29) is 5.91 Å². The first-order valence-corrected chi connectivity index (χ1v) is 9.84. The number of carbonyl (C=O) groups excluding carboxylic acids is 1. The Morgan fingerprint density at radius 1 is 1.08 bits per heavy atom. The van der Waals surface area contributed by atoms with E-state index < -0.39 is 0 Å². The summed E-state index contributed by atoms with van der Waals surface area (Å²) in [6, 6.07) is 6.86. The molecular formula is C20H28N4O. The van der Waals surface area contributed by atoms with Crippen LogP contribution in [0.2, 0.25) is 0 Å². The fourth-order valence-corrected chi connectivity index (χ4v) is 5.14. The van der Waals surface area contributed by atoms with Crippen LogP contribution in [-0.2, 0) is 6.54 Å². The number of nitrogens with one attached hydrogen (secondary N) is 2. The molecule has 5 rings (SSSR count). The maximum atomic E-state index is 12.8. The maximum absolute atomic E-state index is 12.8. The van der Waals surface area contributed by atoms with Gasteiger partial charge in [0.1, 0.15) is 0 Å². The monoisotopic (exact) mass is 340 g/mol. The van der Waals surface area contributed by atoms with Crippen LogP contribution in [0.4, 0.5) is 5.69 Å². The number of anilines is 1. The van der Waals surface area contributed by atoms with E-state index >= 15 is 0 Å². The number of fused-ring (bicyclic) bond motifs is 1. The molecule has 1 atom stereocenters. The van der Waals surface area contributed by atoms with Crippen LogP contribution in [0.25, 0.3) is 0 Å². The molecule has 1 spiro atoms. The highest BCUT2D eigenvalue weighted by atomic mass is 16.2. The van der Waals surface area contributed by atoms with Crippen LogP contribution >= 0.6 is 0 Å². The van der Waals surface area contributed by atoms with Gasteiger partial charge in [-0.15, -0.1) is 0 Å². The predicted molar refractivity (Wildman–Crippen MR) is 99.0 cm³/mol. The predicted octanol–water partition coefficient (Wildman–Crippen LogP) is 1.58. The van der Waals surface area contributed by atoms with E-state index in [0.29, 0.717) is 11.5 Å². The van der Waals surface area contributed by atoms with Crippen molar-refractivity contribution in [2.45, 2.75) is 38.3 Å². The minimum absolute atomic E-state index is 0.230. The van der Waals surface area contributed by atoms with E-state index in [4.69, 9.17) is 0 Å². The van der Waals surface area contributed by atoms with Crippen molar-refractivity contribution in [3.8, 4) is 0 Å². The third kappa shape index (κ3) is 2.64. The van der Waals surface area contributed by atoms with Crippen LogP contribution in [0.1, 0.15) is 41.6 Å². The molecule has 4 heterocycles. The third-order valence-corrected chi connectivity index (χ3v) is 6.71. The summed E-state index contributed by atoms with van der Waals surface area (Å²) in [6.07, 6.45) is 4.90. The van der Waals surface area contributed by atoms with Crippen molar-refractivity contribution in [3.05, 3.63) is 29.3 Å². The Balaban J connectivity index is 1.30. The summed E-state index contributed by atoms with van der Waals surface area (Å²) in [5, 5.41) is 6.90. The van der Waals surface area contributed by atoms with Crippen molar-refractivity contribution in [1.29, 1.82) is 0 Å². The second-order valence-electron chi connectivity index (χ2n) is 8.38. The van der Waals surface area contributed by atoms with E-state index in [1.54, 1.807) is 0 Å². The molecule has 4 aliphatic heterocycles. The van der Waals surface area contributed by atoms with Gasteiger partial charge in [-0.3, -0.25) is 4.79 Å². The molecule has 0 aromatic heterocycles. The molecule has 0 aliphatic carbocycles. The van der Waals surface area contributed by atoms with Crippen molar-refractivity contribution in [2.24, 2.45) is 5.41 Å². The highest BCUT2D eigenvalue weighted by Crippen LogP contribution is 2.42. The average molecular weight is 340 g/mol. The molecule has 5 heteroatoms. The van der Waals surface area contributed by atoms with Crippen molar-refractivity contribution in [2.75, 3.05) is 44.2 Å². The lowest BCUT2D eigenvalue weighted by atomic mass is 9.72. The third-order valence-electron chi connectivity index (χ3n) is 6.71. The van der Waals surface area contributed by atoms with Gasteiger partial charge in [-0.2, -0.15) is 0 Å². The van der Waals surface area contributed by atoms with Gasteiger partial charge in [-0.25, -0.2) is 0 Å². The highest BCUT2D eigenvalue weighted by molar-refractivity contribution is 5.99. The van der Waals surface area contributed by atoms with Gasteiger partial charge in [-0.1, -0.05) is 0 Å². The van der Waals surface area contributed by atoms with Gasteiger partial charge in [0, 0.05) is 48.9 Å². The average Bonchev–Trinajstić information content (AvgIpc) is 2.97. The van der Waals surface area contributed by atoms with Gasteiger partial charge in [0.05, 0.1) is 0 Å². The number of hydrogen-bond donors (Lipinski definition) is 2. The lowest BCUT2D eigenvalue weighted by Gasteiger charge is -2.53. The van der Waals surface area contributed by atoms with Gasteiger partial charge in [0.25, 0.3) is 5.91 Å². The Morgan fingerprint density at radius 2 is 1.92 bits per heavy atom. The fraction of sp³-hybridized carbons (Fsp3) is 0.650. The number of amides is 1. The molecule has 4 aliphatic rings. The van der Waals surface area contributed by atoms with Crippen LogP contribution < -0.4 is 15.5 Å². The second-order valence-corrected chi connectivity index (χ2v) is 8.38. The molecule has 0 saturated carbocycles. The number of rotatable bonds is 2. The topological polar surface area (TPSA) is 47.6 Å². The number of hydrogen-bond acceptors (Lipinski definition) is 4. The SMILES string of the molecule is O=C1c2ccc(N3CC4(CCNCC4)C3)cc2CN1[C@H]1CCCNC1. The number of piperidine rings is 2. The highest BCUT2D eigenvalue weighted by Gasteiger charge is 2.44. The molecule has 1 aromatic carbocycles. The van der Waals surface area contributed by atoms with Crippen molar-refractivity contribution in [3.63, 3.8) is 0 Å². The van der Waals surface area contributed by atoms with Crippen LogP contribution in [0, 0.1) is 5.41 Å². The minimum atomic E-state index is 0.230. The molecule has 3 saturated heterocycles. The van der Waals surface area contributed by atoms with Crippen LogP contribution in [-0.4, -0.2) is 56.1 Å². The molecule has 1 aromatic rings. The standard InChI is InChI=1S/C20H28N4O/c25-19-18-4-3-16(23-13-20(14-23)5-8-21-9-6-20)10-15(18)12-24(19)17-2-1-7-22-11-17/h3-4,10,17,21-22H,1-2,5-9,11-14H2/t17-/m0/s1. The Labute approximate surface area is 149 Å². The zero-order chi connectivity index (χ0) is 16.9. The molecule has 0 radical (unpaired) electrons. The molecule has 0 unspecified atom stereocenters. The Morgan fingerprint density at radius 3 is 2.68 bits per heavy atom. The summed E-state index contributed by atoms with van der Waals surface area (Å²) in [6.45, 7) is 7.50. The van der Waals surface area contributed by atoms with E-state index in [1.807, 2.05) is 0 Å². The lowest BCUT2D eigenvalue weighted by molar-refractivity contribution is 0.0674. The number of nitrogens with zero attached hydrogens (tertiary/aromatic N) is 2. The fourth-order valence-electron chi connectivity index (χ4n) is 5.14. The normalized spacial score (nSPS) is 28.2. The number of benzene rings is 1. The quantitative estimate of drug-likeness (QED) is 0.858. The zero-order valence-corrected chi connectivity index (χ0v) is 14.9. The Kier molecular flexibility index (Phi) is 3.75. The van der Waals surface area contributed by atoms with E-state index in [1.165, 1.54) is 43.6 Å². The van der Waals surface area contributed by atoms with E-state index in [0.717, 1.165) is 44.7 Å². The molecule has 3 fully saturated rings. The van der Waals surface area contributed by atoms with Gasteiger partial charge < -0.3 is 20.4 Å². The van der Waals surface area contributed by atoms with Crippen molar-refractivity contribution >= 4 is 11.6 Å². The maximum Gasteiger partial charge on any atom is 0.254 e. The van der Waals surface area contributed by atoms with Gasteiger partial charge in [0.2, 0.25) is 0 Å². The van der Waals surface area contributed by atoms with Gasteiger partial charge in [-0.05, 0) is 69.1 Å². The molecular weight excluding hydrogens is 312 g/mol. The zero-order valence-electron chi connectivity index (χ0n) is 14.9. The van der Waals surface area contributed by atoms with Crippen molar-refractivity contribution in [1.82, 2.24) is 15.5 Å². The number of carbonyl (C=O) groups is 1. The Bertz CT molecular complexity index is 668. The summed E-state index contributed by atoms with van der Waals surface area (Å²) in [5.74, 6) is 0.230. The van der Waals surface area contributed by atoms with E-state index in [2.05, 4.69) is 38.6 Å². The summed E-state index contributed by atoms with van der Waals surface area (Å²) < 4.78 is 0. The summed E-state index contributed by atoms with van der Waals surface area (Å²) in [5.41, 5.74) is 3.99. The Hall–Kier alpha value is -1.59. The first-order chi connectivity index (χ1) is 12.2. The minimum Gasteiger partial charge on any atom is -0.370 e. The smallest absolute Gasteiger partial charge is 0.254 e. The first-order valence-electron chi connectivity index (χ1n) is 9.84. The van der Waals surface area contributed by atoms with Crippen molar-refractivity contribution < 1.29 is 4.79 Å². The largest absolute Gasteiger partial charge is 0.370 e. The molecule has 134 valence electrons. The molecule has 1 amide bonds. The molecule has 2 N–H and O–H groups in total. The summed E-state index contributed by atoms with van der Waals surface area (Å²) >= 11 is 0. The summed E-state index contributed by atoms with van der Waals surface area (Å²) in [4.78, 5) is 17.4. The van der Waals surface area contributed by atoms with Gasteiger partial charge >= 0.3 is 0 Å². The van der Waals surface area contributed by atoms with Crippen LogP contribution in [0.5, 0.6) is 0 Å². The van der Waals surface area contributed by atoms with Gasteiger partial charge in [0.15, 0.2) is 0 Å². The molecule has 5 nitrogen and oxygen atoms in total. The first kappa shape index (κ1) is 15.6. The molecule has 25 heavy (non-hydrogen) atoms.